The van der Waals surface area contributed by atoms with Crippen molar-refractivity contribution in [3.8, 4) is 11.4 Å². The summed E-state index contributed by atoms with van der Waals surface area (Å²) in [5.41, 5.74) is 11.0. The molecule has 0 saturated carbocycles. The zero-order chi connectivity index (χ0) is 21.2. The third-order valence-corrected chi connectivity index (χ3v) is 5.72. The molecule has 0 aliphatic rings. The third kappa shape index (κ3) is 5.36. The van der Waals surface area contributed by atoms with Gasteiger partial charge in [0.05, 0.1) is 0 Å². The number of benzene rings is 2. The zero-order valence-electron chi connectivity index (χ0n) is 18.2. The van der Waals surface area contributed by atoms with Gasteiger partial charge in [0.2, 0.25) is 5.95 Å². The summed E-state index contributed by atoms with van der Waals surface area (Å²) in [6, 6.07) is 16.9. The van der Waals surface area contributed by atoms with Crippen LogP contribution in [0.1, 0.15) is 58.2 Å². The van der Waals surface area contributed by atoms with Gasteiger partial charge in [-0.3, -0.25) is 0 Å². The lowest BCUT2D eigenvalue weighted by Crippen LogP contribution is -2.13. The first kappa shape index (κ1) is 21.3. The molecule has 0 aliphatic heterocycles. The van der Waals surface area contributed by atoms with Gasteiger partial charge >= 0.3 is 0 Å². The van der Waals surface area contributed by atoms with Crippen LogP contribution in [0.15, 0.2) is 53.7 Å². The highest BCUT2D eigenvalue weighted by Gasteiger charge is 2.18. The summed E-state index contributed by atoms with van der Waals surface area (Å²) in [6.07, 6.45) is 0. The molecule has 0 unspecified atom stereocenters. The predicted molar refractivity (Wildman–Crippen MR) is 123 cm³/mol. The van der Waals surface area contributed by atoms with Gasteiger partial charge in [-0.25, -0.2) is 4.98 Å². The molecule has 0 saturated heterocycles. The summed E-state index contributed by atoms with van der Waals surface area (Å²) >= 11 is 1.59. The van der Waals surface area contributed by atoms with Crippen LogP contribution in [0.5, 0.6) is 0 Å². The molecule has 0 spiro atoms. The van der Waals surface area contributed by atoms with Crippen LogP contribution in [0, 0.1) is 0 Å². The lowest BCUT2D eigenvalue weighted by molar-refractivity contribution is 0.585. The van der Waals surface area contributed by atoms with Crippen LogP contribution in [0.2, 0.25) is 0 Å². The summed E-state index contributed by atoms with van der Waals surface area (Å²) in [7, 11) is 0. The first-order valence-electron chi connectivity index (χ1n) is 9.88. The molecular weight excluding hydrogens is 376 g/mol. The van der Waals surface area contributed by atoms with E-state index < -0.39 is 0 Å². The molecule has 0 bridgehead atoms. The van der Waals surface area contributed by atoms with E-state index in [-0.39, 0.29) is 16.8 Å². The minimum absolute atomic E-state index is 0.0925. The Kier molecular flexibility index (Phi) is 5.99. The molecule has 3 rings (SSSR count). The summed E-state index contributed by atoms with van der Waals surface area (Å²) in [4.78, 5) is 13.4. The summed E-state index contributed by atoms with van der Waals surface area (Å²) < 4.78 is 0. The third-order valence-electron chi connectivity index (χ3n) is 4.82. The molecule has 0 aliphatic carbocycles. The van der Waals surface area contributed by atoms with Gasteiger partial charge in [0.25, 0.3) is 0 Å². The van der Waals surface area contributed by atoms with E-state index in [4.69, 9.17) is 5.73 Å². The maximum absolute atomic E-state index is 5.99. The van der Waals surface area contributed by atoms with Gasteiger partial charge < -0.3 is 5.73 Å². The van der Waals surface area contributed by atoms with Crippen molar-refractivity contribution in [2.75, 3.05) is 5.73 Å². The van der Waals surface area contributed by atoms with Crippen molar-refractivity contribution in [1.82, 2.24) is 15.0 Å². The number of rotatable bonds is 4. The topological polar surface area (TPSA) is 64.7 Å². The van der Waals surface area contributed by atoms with Crippen molar-refractivity contribution >= 4 is 17.7 Å². The van der Waals surface area contributed by atoms with Gasteiger partial charge in [-0.1, -0.05) is 102 Å². The molecule has 5 heteroatoms. The lowest BCUT2D eigenvalue weighted by Gasteiger charge is -2.22. The molecule has 0 fully saturated rings. The molecule has 2 N–H and O–H groups in total. The van der Waals surface area contributed by atoms with Crippen molar-refractivity contribution in [2.45, 2.75) is 63.3 Å². The lowest BCUT2D eigenvalue weighted by atomic mass is 9.84. The Morgan fingerprint density at radius 3 is 2.07 bits per heavy atom. The minimum Gasteiger partial charge on any atom is -0.368 e. The molecule has 0 radical (unpaired) electrons. The Morgan fingerprint density at radius 2 is 1.45 bits per heavy atom. The maximum atomic E-state index is 5.99. The normalized spacial score (nSPS) is 12.2. The van der Waals surface area contributed by atoms with Gasteiger partial charge in [-0.15, -0.1) is 0 Å². The second-order valence-electron chi connectivity index (χ2n) is 9.32. The smallest absolute Gasteiger partial charge is 0.224 e. The quantitative estimate of drug-likeness (QED) is 0.538. The molecule has 29 heavy (non-hydrogen) atoms. The fourth-order valence-corrected chi connectivity index (χ4v) is 4.05. The van der Waals surface area contributed by atoms with Crippen LogP contribution >= 0.6 is 11.8 Å². The molecule has 1 aromatic heterocycles. The van der Waals surface area contributed by atoms with Crippen LogP contribution in [0.25, 0.3) is 11.4 Å². The summed E-state index contributed by atoms with van der Waals surface area (Å²) in [6.45, 7) is 13.3. The highest BCUT2D eigenvalue weighted by molar-refractivity contribution is 7.98. The van der Waals surface area contributed by atoms with Gasteiger partial charge in [-0.2, -0.15) is 9.97 Å². The fraction of sp³-hybridized carbons (Fsp3) is 0.375. The van der Waals surface area contributed by atoms with Crippen molar-refractivity contribution in [3.63, 3.8) is 0 Å². The van der Waals surface area contributed by atoms with Gasteiger partial charge in [-0.05, 0) is 27.5 Å². The van der Waals surface area contributed by atoms with Crippen LogP contribution in [-0.2, 0) is 16.6 Å². The largest absolute Gasteiger partial charge is 0.368 e. The van der Waals surface area contributed by atoms with Crippen LogP contribution in [0.3, 0.4) is 0 Å². The van der Waals surface area contributed by atoms with E-state index in [0.717, 1.165) is 11.3 Å². The highest BCUT2D eigenvalue weighted by atomic mass is 32.2. The number of hydrogen-bond donors (Lipinski definition) is 1. The van der Waals surface area contributed by atoms with Crippen molar-refractivity contribution in [3.05, 3.63) is 65.2 Å². The SMILES string of the molecule is CC(C)(C)c1ccc(-c2nc(N)nc(SCc3ccccc3C(C)(C)C)n2)cc1. The predicted octanol–water partition coefficient (Wildman–Crippen LogP) is 6.01. The first-order chi connectivity index (χ1) is 13.5. The second kappa shape index (κ2) is 8.15. The first-order valence-corrected chi connectivity index (χ1v) is 10.9. The summed E-state index contributed by atoms with van der Waals surface area (Å²) in [5.74, 6) is 1.66. The van der Waals surface area contributed by atoms with E-state index in [1.54, 1.807) is 11.8 Å². The van der Waals surface area contributed by atoms with E-state index in [1.165, 1.54) is 16.7 Å². The monoisotopic (exact) mass is 406 g/mol. The van der Waals surface area contributed by atoms with Crippen LogP contribution < -0.4 is 5.73 Å². The molecule has 152 valence electrons. The van der Waals surface area contributed by atoms with Gasteiger partial charge in [0.1, 0.15) is 0 Å². The van der Waals surface area contributed by atoms with Crippen LogP contribution in [-0.4, -0.2) is 15.0 Å². The molecule has 2 aromatic carbocycles. The second-order valence-corrected chi connectivity index (χ2v) is 10.3. The Hall–Kier alpha value is -2.40. The van der Waals surface area contributed by atoms with Gasteiger partial charge in [0, 0.05) is 11.3 Å². The number of thioether (sulfide) groups is 1. The van der Waals surface area contributed by atoms with E-state index in [2.05, 4.69) is 105 Å². The number of nitrogens with two attached hydrogens (primary N) is 1. The molecule has 3 aromatic rings. The maximum Gasteiger partial charge on any atom is 0.224 e. The number of hydrogen-bond acceptors (Lipinski definition) is 5. The van der Waals surface area contributed by atoms with Crippen LogP contribution in [0.4, 0.5) is 5.95 Å². The van der Waals surface area contributed by atoms with Crippen molar-refractivity contribution < 1.29 is 0 Å². The van der Waals surface area contributed by atoms with E-state index >= 15 is 0 Å². The zero-order valence-corrected chi connectivity index (χ0v) is 19.0. The Labute approximate surface area is 178 Å². The molecule has 1 heterocycles. The van der Waals surface area contributed by atoms with E-state index in [9.17, 15) is 0 Å². The fourth-order valence-electron chi connectivity index (χ4n) is 3.21. The van der Waals surface area contributed by atoms with Crippen molar-refractivity contribution in [2.24, 2.45) is 0 Å². The molecule has 4 nitrogen and oxygen atoms in total. The summed E-state index contributed by atoms with van der Waals surface area (Å²) in [5, 5.41) is 0.649. The minimum atomic E-state index is 0.0925. The number of nitrogen functional groups attached to an aromatic ring is 1. The van der Waals surface area contributed by atoms with E-state index in [1.807, 2.05) is 0 Å². The number of anilines is 1. The Morgan fingerprint density at radius 1 is 0.793 bits per heavy atom. The molecule has 0 atom stereocenters. The van der Waals surface area contributed by atoms with Crippen molar-refractivity contribution in [1.29, 1.82) is 0 Å². The molecule has 0 amide bonds. The highest BCUT2D eigenvalue weighted by Crippen LogP contribution is 2.31. The number of aromatic nitrogens is 3. The average molecular weight is 407 g/mol. The standard InChI is InChI=1S/C24H30N4S/c1-23(2,3)18-13-11-16(12-14-18)20-26-21(25)28-22(27-20)29-15-17-9-7-8-10-19(17)24(4,5)6/h7-14H,15H2,1-6H3,(H2,25,26,27,28). The molecular formula is C24H30N4S. The van der Waals surface area contributed by atoms with E-state index in [0.29, 0.717) is 11.0 Å². The Balaban J connectivity index is 1.84. The Bertz CT molecular complexity index is 983. The average Bonchev–Trinajstić information content (AvgIpc) is 2.65. The number of nitrogens with zero attached hydrogens (tertiary/aromatic N) is 3. The van der Waals surface area contributed by atoms with Gasteiger partial charge in [0.15, 0.2) is 11.0 Å².